The maximum Gasteiger partial charge on any atom is 0.341 e. The summed E-state index contributed by atoms with van der Waals surface area (Å²) in [6.45, 7) is 9.19. The van der Waals surface area contributed by atoms with Gasteiger partial charge >= 0.3 is 5.97 Å². The number of carboxylic acid groups (broad SMARTS) is 1. The summed E-state index contributed by atoms with van der Waals surface area (Å²) >= 11 is 3.53. The first kappa shape index (κ1) is 29.3. The van der Waals surface area contributed by atoms with Crippen LogP contribution in [0.2, 0.25) is 0 Å². The van der Waals surface area contributed by atoms with Gasteiger partial charge in [0.1, 0.15) is 0 Å². The van der Waals surface area contributed by atoms with E-state index >= 15 is 0 Å². The molecule has 0 radical (unpaired) electrons. The fraction of sp³-hybridized carbons (Fsp3) is 0.567. The van der Waals surface area contributed by atoms with Crippen LogP contribution in [-0.2, 0) is 19.1 Å². The van der Waals surface area contributed by atoms with Gasteiger partial charge in [-0.1, -0.05) is 27.7 Å². The van der Waals surface area contributed by atoms with E-state index < -0.39 is 18.5 Å². The van der Waals surface area contributed by atoms with E-state index in [4.69, 9.17) is 19.3 Å². The smallest absolute Gasteiger partial charge is 0.341 e. The van der Waals surface area contributed by atoms with Crippen molar-refractivity contribution in [1.82, 2.24) is 4.90 Å². The Morgan fingerprint density at radius 2 is 1.56 bits per heavy atom. The van der Waals surface area contributed by atoms with E-state index in [0.29, 0.717) is 47.4 Å². The summed E-state index contributed by atoms with van der Waals surface area (Å²) in [4.78, 5) is 41.2. The van der Waals surface area contributed by atoms with Gasteiger partial charge in [-0.25, -0.2) is 4.79 Å². The number of rotatable bonds is 9. The summed E-state index contributed by atoms with van der Waals surface area (Å²) < 4.78 is 16.9. The Morgan fingerprint density at radius 3 is 2.05 bits per heavy atom. The van der Waals surface area contributed by atoms with Crippen LogP contribution >= 0.6 is 15.9 Å². The molecule has 1 aromatic carbocycles. The van der Waals surface area contributed by atoms with Crippen molar-refractivity contribution in [1.29, 1.82) is 0 Å². The van der Waals surface area contributed by atoms with Crippen molar-refractivity contribution in [2.24, 2.45) is 10.8 Å². The number of allylic oxidation sites excluding steroid dienone is 4. The van der Waals surface area contributed by atoms with E-state index in [9.17, 15) is 14.4 Å². The molecule has 3 aliphatic rings. The second kappa shape index (κ2) is 11.1. The quantitative estimate of drug-likeness (QED) is 0.362. The van der Waals surface area contributed by atoms with Gasteiger partial charge in [-0.2, -0.15) is 0 Å². The number of halogens is 1. The van der Waals surface area contributed by atoms with Crippen LogP contribution in [0.1, 0.15) is 71.3 Å². The highest BCUT2D eigenvalue weighted by Gasteiger charge is 2.49. The molecule has 0 atom stereocenters. The molecule has 39 heavy (non-hydrogen) atoms. The minimum Gasteiger partial charge on any atom is -0.493 e. The molecule has 0 aromatic heterocycles. The molecule has 0 saturated carbocycles. The lowest BCUT2D eigenvalue weighted by atomic mass is 9.63. The Morgan fingerprint density at radius 1 is 1.00 bits per heavy atom. The summed E-state index contributed by atoms with van der Waals surface area (Å²) in [5.74, 6) is -0.957. The van der Waals surface area contributed by atoms with Crippen molar-refractivity contribution in [2.45, 2.75) is 65.7 Å². The molecule has 4 rings (SSSR count). The van der Waals surface area contributed by atoms with E-state index in [1.165, 1.54) is 7.11 Å². The standard InChI is InChI=1S/C30H38BrNO7/c1-29(2)12-19-26(21(33)14-29)25(17-10-18(31)28(23(11-17)38-6)39-16-24(35)36)27-20(32(19)8-7-9-37-5)13-30(3,4)15-22(27)34/h10-11,25H,7-9,12-16H2,1-6H3,(H,35,36). The monoisotopic (exact) mass is 603 g/mol. The van der Waals surface area contributed by atoms with Crippen LogP contribution in [0.5, 0.6) is 11.5 Å². The molecule has 212 valence electrons. The van der Waals surface area contributed by atoms with Gasteiger partial charge in [-0.05, 0) is 63.7 Å². The zero-order chi connectivity index (χ0) is 28.7. The molecule has 0 unspecified atom stereocenters. The first-order valence-electron chi connectivity index (χ1n) is 13.3. The number of carboxylic acids is 1. The van der Waals surface area contributed by atoms with Crippen molar-refractivity contribution >= 4 is 33.5 Å². The van der Waals surface area contributed by atoms with Crippen molar-refractivity contribution in [3.8, 4) is 11.5 Å². The summed E-state index contributed by atoms with van der Waals surface area (Å²) in [5, 5.41) is 9.11. The number of ether oxygens (including phenoxy) is 3. The van der Waals surface area contributed by atoms with E-state index in [1.807, 2.05) is 6.07 Å². The SMILES string of the molecule is COCCCN1C2=C(C(=O)CC(C)(C)C2)C(c2cc(Br)c(OCC(=O)O)c(OC)c2)C2=C1CC(C)(C)CC2=O. The lowest BCUT2D eigenvalue weighted by Gasteiger charge is -2.49. The third-order valence-electron chi connectivity index (χ3n) is 7.68. The third-order valence-corrected chi connectivity index (χ3v) is 8.27. The van der Waals surface area contributed by atoms with Crippen LogP contribution in [0.3, 0.4) is 0 Å². The lowest BCUT2D eigenvalue weighted by Crippen LogP contribution is -2.44. The molecular weight excluding hydrogens is 566 g/mol. The fourth-order valence-electron chi connectivity index (χ4n) is 6.20. The van der Waals surface area contributed by atoms with Crippen molar-refractivity contribution in [3.05, 3.63) is 44.7 Å². The van der Waals surface area contributed by atoms with Gasteiger partial charge < -0.3 is 24.2 Å². The zero-order valence-corrected chi connectivity index (χ0v) is 25.2. The number of methoxy groups -OCH3 is 2. The molecule has 9 heteroatoms. The number of aliphatic carboxylic acids is 1. The number of carbonyl (C=O) groups is 3. The van der Waals surface area contributed by atoms with Gasteiger partial charge in [0.15, 0.2) is 29.7 Å². The van der Waals surface area contributed by atoms with Crippen LogP contribution in [-0.4, -0.2) is 61.5 Å². The van der Waals surface area contributed by atoms with E-state index in [2.05, 4.69) is 48.5 Å². The first-order valence-corrected chi connectivity index (χ1v) is 14.1. The number of hydrogen-bond acceptors (Lipinski definition) is 7. The first-order chi connectivity index (χ1) is 18.3. The van der Waals surface area contributed by atoms with Crippen molar-refractivity contribution in [2.75, 3.05) is 34.0 Å². The number of ketones is 2. The summed E-state index contributed by atoms with van der Waals surface area (Å²) in [5.41, 5.74) is 3.64. The van der Waals surface area contributed by atoms with Crippen LogP contribution in [0.25, 0.3) is 0 Å². The van der Waals surface area contributed by atoms with Crippen molar-refractivity contribution in [3.63, 3.8) is 0 Å². The molecule has 0 saturated heterocycles. The molecule has 1 N–H and O–H groups in total. The Kier molecular flexibility index (Phi) is 8.34. The fourth-order valence-corrected chi connectivity index (χ4v) is 6.77. The number of Topliss-reactive ketones (excluding diaryl/α,β-unsaturated/α-hetero) is 2. The van der Waals surface area contributed by atoms with Gasteiger partial charge in [-0.15, -0.1) is 0 Å². The van der Waals surface area contributed by atoms with E-state index in [0.717, 1.165) is 36.2 Å². The largest absolute Gasteiger partial charge is 0.493 e. The second-order valence-electron chi connectivity index (χ2n) is 12.3. The second-order valence-corrected chi connectivity index (χ2v) is 13.1. The Hall–Kier alpha value is -2.65. The zero-order valence-electron chi connectivity index (χ0n) is 23.6. The van der Waals surface area contributed by atoms with Gasteiger partial charge in [0.25, 0.3) is 0 Å². The predicted octanol–water partition coefficient (Wildman–Crippen LogP) is 5.64. The number of hydrogen-bond donors (Lipinski definition) is 1. The maximum atomic E-state index is 13.9. The normalized spacial score (nSPS) is 20.6. The van der Waals surface area contributed by atoms with Crippen molar-refractivity contribution < 1.29 is 33.7 Å². The molecule has 8 nitrogen and oxygen atoms in total. The predicted molar refractivity (Wildman–Crippen MR) is 150 cm³/mol. The molecule has 0 fully saturated rings. The topological polar surface area (TPSA) is 102 Å². The van der Waals surface area contributed by atoms with Crippen LogP contribution in [0.15, 0.2) is 39.1 Å². The number of benzene rings is 1. The van der Waals surface area contributed by atoms with Gasteiger partial charge in [0.2, 0.25) is 0 Å². The number of nitrogens with zero attached hydrogens (tertiary/aromatic N) is 1. The molecule has 2 aliphatic carbocycles. The van der Waals surface area contributed by atoms with Crippen LogP contribution in [0.4, 0.5) is 0 Å². The van der Waals surface area contributed by atoms with E-state index in [1.54, 1.807) is 13.2 Å². The molecule has 1 aliphatic heterocycles. The van der Waals surface area contributed by atoms with Gasteiger partial charge in [0.05, 0.1) is 11.6 Å². The summed E-state index contributed by atoms with van der Waals surface area (Å²) in [6, 6.07) is 3.59. The molecule has 0 spiro atoms. The lowest BCUT2D eigenvalue weighted by molar-refractivity contribution is -0.139. The highest BCUT2D eigenvalue weighted by Crippen LogP contribution is 2.55. The Balaban J connectivity index is 1.95. The molecule has 1 heterocycles. The summed E-state index contributed by atoms with van der Waals surface area (Å²) in [6.07, 6.45) is 3.01. The molecule has 0 bridgehead atoms. The van der Waals surface area contributed by atoms with Gasteiger partial charge in [-0.3, -0.25) is 9.59 Å². The average Bonchev–Trinajstić information content (AvgIpc) is 2.81. The van der Waals surface area contributed by atoms with Crippen LogP contribution in [0, 0.1) is 10.8 Å². The molecular formula is C30H38BrNO7. The van der Waals surface area contributed by atoms with E-state index in [-0.39, 0.29) is 28.1 Å². The average molecular weight is 605 g/mol. The highest BCUT2D eigenvalue weighted by atomic mass is 79.9. The molecule has 0 amide bonds. The summed E-state index contributed by atoms with van der Waals surface area (Å²) in [7, 11) is 3.16. The minimum absolute atomic E-state index is 0.0495. The minimum atomic E-state index is -1.11. The highest BCUT2D eigenvalue weighted by molar-refractivity contribution is 9.10. The maximum absolute atomic E-state index is 13.9. The van der Waals surface area contributed by atoms with Gasteiger partial charge in [0, 0.05) is 61.6 Å². The molecule has 1 aromatic rings. The Bertz CT molecular complexity index is 1210. The number of carbonyl (C=O) groups excluding carboxylic acids is 2. The third kappa shape index (κ3) is 5.94. The van der Waals surface area contributed by atoms with Crippen LogP contribution < -0.4 is 9.47 Å². The Labute approximate surface area is 238 Å².